The number of benzene rings is 2. The van der Waals surface area contributed by atoms with Gasteiger partial charge in [-0.25, -0.2) is 0 Å². The van der Waals surface area contributed by atoms with E-state index in [1.807, 2.05) is 24.3 Å². The lowest BCUT2D eigenvalue weighted by Gasteiger charge is -2.12. The Bertz CT molecular complexity index is 708. The van der Waals surface area contributed by atoms with Crippen molar-refractivity contribution in [1.29, 1.82) is 0 Å². The number of carbonyl (C=O) groups is 1. The number of nitrogens with one attached hydrogen (secondary N) is 1. The lowest BCUT2D eigenvalue weighted by molar-refractivity contribution is -0.118. The Morgan fingerprint density at radius 2 is 1.72 bits per heavy atom. The molecule has 0 unspecified atom stereocenters. The molecule has 0 spiro atoms. The maximum Gasteiger partial charge on any atom is 0.230 e. The Hall–Kier alpha value is -2.14. The van der Waals surface area contributed by atoms with E-state index in [9.17, 15) is 4.79 Å². The molecule has 1 amide bonds. The van der Waals surface area contributed by atoms with Gasteiger partial charge in [0.1, 0.15) is 6.61 Å². The Morgan fingerprint density at radius 3 is 2.36 bits per heavy atom. The van der Waals surface area contributed by atoms with Crippen LogP contribution in [0.4, 0.5) is 0 Å². The van der Waals surface area contributed by atoms with Gasteiger partial charge in [-0.2, -0.15) is 0 Å². The number of amides is 1. The molecule has 0 bridgehead atoms. The van der Waals surface area contributed by atoms with Gasteiger partial charge >= 0.3 is 0 Å². The average Bonchev–Trinajstić information content (AvgIpc) is 2.58. The van der Waals surface area contributed by atoms with E-state index in [1.54, 1.807) is 18.9 Å². The first-order chi connectivity index (χ1) is 12.0. The first kappa shape index (κ1) is 19.2. The predicted molar refractivity (Wildman–Crippen MR) is 103 cm³/mol. The lowest BCUT2D eigenvalue weighted by atomic mass is 10.1. The molecule has 0 heterocycles. The van der Waals surface area contributed by atoms with E-state index in [4.69, 9.17) is 9.47 Å². The SMILES string of the molecule is COc1ccccc1OCCNC(=O)CSc1c(C)cc(C)cc1C. The van der Waals surface area contributed by atoms with E-state index in [2.05, 4.69) is 38.2 Å². The van der Waals surface area contributed by atoms with Gasteiger partial charge in [-0.1, -0.05) is 29.8 Å². The van der Waals surface area contributed by atoms with Gasteiger partial charge in [0.15, 0.2) is 11.5 Å². The highest BCUT2D eigenvalue weighted by Gasteiger charge is 2.08. The second-order valence-electron chi connectivity index (χ2n) is 5.87. The molecule has 5 heteroatoms. The van der Waals surface area contributed by atoms with Crippen molar-refractivity contribution in [3.63, 3.8) is 0 Å². The molecular weight excluding hydrogens is 334 g/mol. The van der Waals surface area contributed by atoms with E-state index < -0.39 is 0 Å². The molecule has 2 aromatic rings. The Morgan fingerprint density at radius 1 is 1.08 bits per heavy atom. The molecule has 2 rings (SSSR count). The van der Waals surface area contributed by atoms with Crippen molar-refractivity contribution in [2.75, 3.05) is 26.0 Å². The molecule has 0 saturated heterocycles. The van der Waals surface area contributed by atoms with Crippen LogP contribution in [0, 0.1) is 20.8 Å². The zero-order valence-electron chi connectivity index (χ0n) is 15.2. The van der Waals surface area contributed by atoms with Gasteiger partial charge in [0.2, 0.25) is 5.91 Å². The van der Waals surface area contributed by atoms with Crippen molar-refractivity contribution >= 4 is 17.7 Å². The molecule has 4 nitrogen and oxygen atoms in total. The Kier molecular flexibility index (Phi) is 7.19. The van der Waals surface area contributed by atoms with Gasteiger partial charge in [-0.15, -0.1) is 11.8 Å². The molecular formula is C20H25NO3S. The highest BCUT2D eigenvalue weighted by atomic mass is 32.2. The Labute approximate surface area is 153 Å². The van der Waals surface area contributed by atoms with Crippen LogP contribution in [0.2, 0.25) is 0 Å². The molecule has 0 fully saturated rings. The summed E-state index contributed by atoms with van der Waals surface area (Å²) < 4.78 is 10.9. The van der Waals surface area contributed by atoms with Gasteiger partial charge in [-0.3, -0.25) is 4.79 Å². The summed E-state index contributed by atoms with van der Waals surface area (Å²) in [4.78, 5) is 13.2. The smallest absolute Gasteiger partial charge is 0.230 e. The highest BCUT2D eigenvalue weighted by molar-refractivity contribution is 8.00. The zero-order valence-corrected chi connectivity index (χ0v) is 16.0. The highest BCUT2D eigenvalue weighted by Crippen LogP contribution is 2.27. The van der Waals surface area contributed by atoms with E-state index in [1.165, 1.54) is 21.6 Å². The molecule has 0 aliphatic rings. The van der Waals surface area contributed by atoms with Crippen LogP contribution in [-0.4, -0.2) is 31.9 Å². The number of thioether (sulfide) groups is 1. The van der Waals surface area contributed by atoms with Crippen LogP contribution >= 0.6 is 11.8 Å². The van der Waals surface area contributed by atoms with Gasteiger partial charge in [0.25, 0.3) is 0 Å². The first-order valence-electron chi connectivity index (χ1n) is 8.24. The Balaban J connectivity index is 1.74. The summed E-state index contributed by atoms with van der Waals surface area (Å²) >= 11 is 1.58. The number of carbonyl (C=O) groups excluding carboxylic acids is 1. The third-order valence-corrected chi connectivity index (χ3v) is 5.04. The molecule has 0 saturated carbocycles. The topological polar surface area (TPSA) is 47.6 Å². The maximum absolute atomic E-state index is 12.0. The molecule has 0 aliphatic carbocycles. The second kappa shape index (κ2) is 9.37. The van der Waals surface area contributed by atoms with Crippen LogP contribution in [-0.2, 0) is 4.79 Å². The summed E-state index contributed by atoms with van der Waals surface area (Å²) in [6, 6.07) is 11.8. The number of aryl methyl sites for hydroxylation is 3. The van der Waals surface area contributed by atoms with Crippen LogP contribution < -0.4 is 14.8 Å². The van der Waals surface area contributed by atoms with E-state index >= 15 is 0 Å². The van der Waals surface area contributed by atoms with Crippen LogP contribution in [0.15, 0.2) is 41.3 Å². The second-order valence-corrected chi connectivity index (χ2v) is 6.85. The molecule has 0 radical (unpaired) electrons. The summed E-state index contributed by atoms with van der Waals surface area (Å²) in [5, 5.41) is 2.89. The van der Waals surface area contributed by atoms with Crippen LogP contribution in [0.3, 0.4) is 0 Å². The predicted octanol–water partition coefficient (Wildman–Crippen LogP) is 3.91. The van der Waals surface area contributed by atoms with Gasteiger partial charge in [-0.05, 0) is 44.0 Å². The fraction of sp³-hybridized carbons (Fsp3) is 0.350. The van der Waals surface area contributed by atoms with E-state index in [-0.39, 0.29) is 5.91 Å². The third kappa shape index (κ3) is 5.71. The molecule has 2 aromatic carbocycles. The molecule has 134 valence electrons. The maximum atomic E-state index is 12.0. The van der Waals surface area contributed by atoms with Gasteiger partial charge < -0.3 is 14.8 Å². The van der Waals surface area contributed by atoms with Crippen molar-refractivity contribution in [3.8, 4) is 11.5 Å². The number of rotatable bonds is 8. The minimum Gasteiger partial charge on any atom is -0.493 e. The standard InChI is InChI=1S/C20H25NO3S/c1-14-11-15(2)20(16(3)12-14)25-13-19(22)21-9-10-24-18-8-6-5-7-17(18)23-4/h5-8,11-12H,9-10,13H2,1-4H3,(H,21,22). The summed E-state index contributed by atoms with van der Waals surface area (Å²) in [5.74, 6) is 1.78. The van der Waals surface area contributed by atoms with Crippen LogP contribution in [0.5, 0.6) is 11.5 Å². The average molecular weight is 359 g/mol. The van der Waals surface area contributed by atoms with E-state index in [0.717, 1.165) is 0 Å². The normalized spacial score (nSPS) is 10.4. The molecule has 0 aliphatic heterocycles. The molecule has 0 atom stereocenters. The number of para-hydroxylation sites is 2. The third-order valence-electron chi connectivity index (χ3n) is 3.70. The lowest BCUT2D eigenvalue weighted by Crippen LogP contribution is -2.29. The summed E-state index contributed by atoms with van der Waals surface area (Å²) in [6.07, 6.45) is 0. The minimum absolute atomic E-state index is 0.00741. The van der Waals surface area contributed by atoms with Crippen molar-refractivity contribution in [2.24, 2.45) is 0 Å². The number of hydrogen-bond donors (Lipinski definition) is 1. The number of hydrogen-bond acceptors (Lipinski definition) is 4. The first-order valence-corrected chi connectivity index (χ1v) is 9.23. The van der Waals surface area contributed by atoms with Gasteiger partial charge in [0.05, 0.1) is 19.4 Å². The monoisotopic (exact) mass is 359 g/mol. The summed E-state index contributed by atoms with van der Waals surface area (Å²) in [6.45, 7) is 7.12. The van der Waals surface area contributed by atoms with E-state index in [0.29, 0.717) is 30.4 Å². The van der Waals surface area contributed by atoms with Gasteiger partial charge in [0, 0.05) is 4.90 Å². The summed E-state index contributed by atoms with van der Waals surface area (Å²) in [7, 11) is 1.61. The van der Waals surface area contributed by atoms with Crippen molar-refractivity contribution < 1.29 is 14.3 Å². The number of ether oxygens (including phenoxy) is 2. The fourth-order valence-electron chi connectivity index (χ4n) is 2.67. The van der Waals surface area contributed by atoms with Crippen LogP contribution in [0.25, 0.3) is 0 Å². The summed E-state index contributed by atoms with van der Waals surface area (Å²) in [5.41, 5.74) is 3.68. The minimum atomic E-state index is 0.00741. The van der Waals surface area contributed by atoms with Crippen molar-refractivity contribution in [2.45, 2.75) is 25.7 Å². The fourth-order valence-corrected chi connectivity index (χ4v) is 3.62. The quantitative estimate of drug-likeness (QED) is 0.573. The molecule has 25 heavy (non-hydrogen) atoms. The van der Waals surface area contributed by atoms with Crippen molar-refractivity contribution in [3.05, 3.63) is 53.1 Å². The molecule has 1 N–H and O–H groups in total. The molecule has 0 aromatic heterocycles. The number of methoxy groups -OCH3 is 1. The van der Waals surface area contributed by atoms with Crippen LogP contribution in [0.1, 0.15) is 16.7 Å². The zero-order chi connectivity index (χ0) is 18.2. The largest absolute Gasteiger partial charge is 0.493 e. The van der Waals surface area contributed by atoms with Crippen molar-refractivity contribution in [1.82, 2.24) is 5.32 Å².